The van der Waals surface area contributed by atoms with Gasteiger partial charge < -0.3 is 5.73 Å². The quantitative estimate of drug-likeness (QED) is 0.847. The average molecular weight is 252 g/mol. The van der Waals surface area contributed by atoms with E-state index in [2.05, 4.69) is 5.10 Å². The fourth-order valence-electron chi connectivity index (χ4n) is 1.41. The number of nitrogens with zero attached hydrogens (tertiary/aromatic N) is 3. The normalized spacial score (nSPS) is 11.2. The summed E-state index contributed by atoms with van der Waals surface area (Å²) in [6.07, 6.45) is -3.02. The molecule has 0 radical (unpaired) electrons. The van der Waals surface area contributed by atoms with Gasteiger partial charge in [-0.15, -0.1) is 5.10 Å². The molecular formula is C11H7F3N4. The predicted molar refractivity (Wildman–Crippen MR) is 57.7 cm³/mol. The van der Waals surface area contributed by atoms with E-state index in [9.17, 15) is 13.2 Å². The van der Waals surface area contributed by atoms with Crippen LogP contribution in [0, 0.1) is 11.3 Å². The number of nitrogens with two attached hydrogens (primary N) is 1. The highest BCUT2D eigenvalue weighted by Crippen LogP contribution is 2.29. The Morgan fingerprint density at radius 1 is 1.22 bits per heavy atom. The van der Waals surface area contributed by atoms with Crippen LogP contribution in [0.4, 0.5) is 19.0 Å². The minimum Gasteiger partial charge on any atom is -0.381 e. The molecule has 1 heterocycles. The topological polar surface area (TPSA) is 67.6 Å². The van der Waals surface area contributed by atoms with Crippen LogP contribution in [0.1, 0.15) is 11.1 Å². The van der Waals surface area contributed by atoms with Gasteiger partial charge in [0.15, 0.2) is 5.82 Å². The van der Waals surface area contributed by atoms with Crippen molar-refractivity contribution in [2.45, 2.75) is 6.18 Å². The molecule has 0 atom stereocenters. The third-order valence-corrected chi connectivity index (χ3v) is 2.32. The molecule has 0 aliphatic carbocycles. The predicted octanol–water partition coefficient (Wildman–Crippen LogP) is 2.34. The van der Waals surface area contributed by atoms with E-state index in [0.717, 1.165) is 12.1 Å². The minimum atomic E-state index is -4.38. The summed E-state index contributed by atoms with van der Waals surface area (Å²) < 4.78 is 38.3. The van der Waals surface area contributed by atoms with Gasteiger partial charge >= 0.3 is 6.18 Å². The molecule has 0 bridgehead atoms. The van der Waals surface area contributed by atoms with E-state index in [4.69, 9.17) is 11.0 Å². The zero-order chi connectivity index (χ0) is 13.3. The highest BCUT2D eigenvalue weighted by Gasteiger charge is 2.30. The fourth-order valence-corrected chi connectivity index (χ4v) is 1.41. The molecule has 2 aromatic rings. The first kappa shape index (κ1) is 12.0. The van der Waals surface area contributed by atoms with Crippen molar-refractivity contribution in [3.8, 4) is 11.8 Å². The van der Waals surface area contributed by atoms with E-state index in [1.54, 1.807) is 0 Å². The number of aromatic nitrogens is 2. The van der Waals surface area contributed by atoms with Crippen molar-refractivity contribution >= 4 is 5.82 Å². The highest BCUT2D eigenvalue weighted by atomic mass is 19.4. The Hall–Kier alpha value is -2.49. The molecule has 2 N–H and O–H groups in total. The number of halogens is 3. The van der Waals surface area contributed by atoms with E-state index in [0.29, 0.717) is 5.69 Å². The lowest BCUT2D eigenvalue weighted by atomic mass is 10.2. The van der Waals surface area contributed by atoms with Crippen LogP contribution in [-0.2, 0) is 6.18 Å². The van der Waals surface area contributed by atoms with Crippen LogP contribution in [0.5, 0.6) is 0 Å². The first-order valence-electron chi connectivity index (χ1n) is 4.84. The lowest BCUT2D eigenvalue weighted by Crippen LogP contribution is -2.05. The smallest absolute Gasteiger partial charge is 0.381 e. The standard InChI is InChI=1S/C11H7F3N4/c12-11(13,14)8-1-3-9(4-2-8)18-6-7(5-15)10(16)17-18/h1-4,6H,(H2,16,17). The van der Waals surface area contributed by atoms with Gasteiger partial charge in [0, 0.05) is 0 Å². The first-order chi connectivity index (χ1) is 8.41. The summed E-state index contributed by atoms with van der Waals surface area (Å²) in [7, 11) is 0. The molecule has 0 amide bonds. The average Bonchev–Trinajstić information content (AvgIpc) is 2.69. The Balaban J connectivity index is 2.38. The third kappa shape index (κ3) is 2.13. The van der Waals surface area contributed by atoms with Crippen LogP contribution in [0.15, 0.2) is 30.5 Å². The maximum Gasteiger partial charge on any atom is 0.416 e. The van der Waals surface area contributed by atoms with Gasteiger partial charge in [0.2, 0.25) is 0 Å². The second-order valence-corrected chi connectivity index (χ2v) is 3.53. The molecule has 92 valence electrons. The summed E-state index contributed by atoms with van der Waals surface area (Å²) in [5, 5.41) is 12.5. The van der Waals surface area contributed by atoms with Crippen LogP contribution in [0.3, 0.4) is 0 Å². The van der Waals surface area contributed by atoms with Crippen molar-refractivity contribution in [2.24, 2.45) is 0 Å². The molecule has 7 heteroatoms. The van der Waals surface area contributed by atoms with E-state index < -0.39 is 11.7 Å². The molecular weight excluding hydrogens is 245 g/mol. The highest BCUT2D eigenvalue weighted by molar-refractivity contribution is 5.49. The van der Waals surface area contributed by atoms with Gasteiger partial charge in [-0.05, 0) is 24.3 Å². The van der Waals surface area contributed by atoms with Crippen LogP contribution in [0.2, 0.25) is 0 Å². The second-order valence-electron chi connectivity index (χ2n) is 3.53. The molecule has 2 rings (SSSR count). The molecule has 0 fully saturated rings. The molecule has 1 aromatic heterocycles. The number of alkyl halides is 3. The van der Waals surface area contributed by atoms with Gasteiger partial charge in [0.1, 0.15) is 11.6 Å². The molecule has 0 saturated carbocycles. The Bertz CT molecular complexity index is 605. The second kappa shape index (κ2) is 4.07. The van der Waals surface area contributed by atoms with E-state index in [-0.39, 0.29) is 11.4 Å². The van der Waals surface area contributed by atoms with Crippen molar-refractivity contribution in [3.05, 3.63) is 41.6 Å². The molecule has 0 spiro atoms. The SMILES string of the molecule is N#Cc1cn(-c2ccc(C(F)(F)F)cc2)nc1N. The first-order valence-corrected chi connectivity index (χ1v) is 4.84. The number of hydrogen-bond donors (Lipinski definition) is 1. The van der Waals surface area contributed by atoms with Crippen molar-refractivity contribution in [1.82, 2.24) is 9.78 Å². The van der Waals surface area contributed by atoms with Crippen LogP contribution in [-0.4, -0.2) is 9.78 Å². The number of hydrogen-bond acceptors (Lipinski definition) is 3. The molecule has 18 heavy (non-hydrogen) atoms. The number of anilines is 1. The summed E-state index contributed by atoms with van der Waals surface area (Å²) in [5.41, 5.74) is 5.29. The zero-order valence-electron chi connectivity index (χ0n) is 8.94. The van der Waals surface area contributed by atoms with E-state index in [1.165, 1.54) is 23.0 Å². The van der Waals surface area contributed by atoms with Crippen LogP contribution in [0.25, 0.3) is 5.69 Å². The number of benzene rings is 1. The molecule has 0 aliphatic rings. The summed E-state index contributed by atoms with van der Waals surface area (Å²) in [5.74, 6) is 0.0393. The van der Waals surface area contributed by atoms with Crippen LogP contribution >= 0.6 is 0 Å². The van der Waals surface area contributed by atoms with Crippen molar-refractivity contribution < 1.29 is 13.2 Å². The van der Waals surface area contributed by atoms with Crippen LogP contribution < -0.4 is 5.73 Å². The van der Waals surface area contributed by atoms with Gasteiger partial charge in [0.25, 0.3) is 0 Å². The van der Waals surface area contributed by atoms with Crippen molar-refractivity contribution in [3.63, 3.8) is 0 Å². The zero-order valence-corrected chi connectivity index (χ0v) is 8.94. The van der Waals surface area contributed by atoms with Crippen molar-refractivity contribution in [1.29, 1.82) is 5.26 Å². The molecule has 1 aromatic carbocycles. The summed E-state index contributed by atoms with van der Waals surface area (Å²) in [4.78, 5) is 0. The Kier molecular flexibility index (Phi) is 2.71. The number of nitrogen functional groups attached to an aromatic ring is 1. The molecule has 0 aliphatic heterocycles. The lowest BCUT2D eigenvalue weighted by molar-refractivity contribution is -0.137. The maximum atomic E-state index is 12.4. The minimum absolute atomic E-state index is 0.0393. The van der Waals surface area contributed by atoms with E-state index >= 15 is 0 Å². The van der Waals surface area contributed by atoms with Gasteiger partial charge in [0.05, 0.1) is 17.4 Å². The monoisotopic (exact) mass is 252 g/mol. The van der Waals surface area contributed by atoms with E-state index in [1.807, 2.05) is 6.07 Å². The Labute approximate surface area is 100 Å². The maximum absolute atomic E-state index is 12.4. The summed E-state index contributed by atoms with van der Waals surface area (Å²) in [6.45, 7) is 0. The largest absolute Gasteiger partial charge is 0.416 e. The molecule has 0 saturated heterocycles. The third-order valence-electron chi connectivity index (χ3n) is 2.32. The molecule has 4 nitrogen and oxygen atoms in total. The summed E-state index contributed by atoms with van der Waals surface area (Å²) in [6, 6.07) is 6.24. The Morgan fingerprint density at radius 2 is 1.83 bits per heavy atom. The van der Waals surface area contributed by atoms with Gasteiger partial charge in [-0.3, -0.25) is 0 Å². The lowest BCUT2D eigenvalue weighted by Gasteiger charge is -2.07. The Morgan fingerprint density at radius 3 is 2.28 bits per heavy atom. The van der Waals surface area contributed by atoms with Gasteiger partial charge in [-0.2, -0.15) is 18.4 Å². The summed E-state index contributed by atoms with van der Waals surface area (Å²) >= 11 is 0. The van der Waals surface area contributed by atoms with Crippen molar-refractivity contribution in [2.75, 3.05) is 5.73 Å². The number of nitriles is 1. The fraction of sp³-hybridized carbons (Fsp3) is 0.0909. The number of rotatable bonds is 1. The molecule has 0 unspecified atom stereocenters. The van der Waals surface area contributed by atoms with Gasteiger partial charge in [-0.25, -0.2) is 4.68 Å². The van der Waals surface area contributed by atoms with Gasteiger partial charge in [-0.1, -0.05) is 0 Å².